The molecule has 1 rings (SSSR count). The van der Waals surface area contributed by atoms with Gasteiger partial charge in [-0.3, -0.25) is 14.4 Å². The third-order valence-corrected chi connectivity index (χ3v) is 3.51. The Balaban J connectivity index is 2.42. The number of hydrogen-bond donors (Lipinski definition) is 2. The lowest BCUT2D eigenvalue weighted by Gasteiger charge is -2.05. The van der Waals surface area contributed by atoms with Gasteiger partial charge >= 0.3 is 5.97 Å². The first-order valence-corrected chi connectivity index (χ1v) is 7.06. The van der Waals surface area contributed by atoms with Gasteiger partial charge in [-0.05, 0) is 26.0 Å². The fraction of sp³-hybridized carbons (Fsp3) is 0.286. The van der Waals surface area contributed by atoms with Crippen molar-refractivity contribution in [3.05, 3.63) is 33.2 Å². The van der Waals surface area contributed by atoms with Gasteiger partial charge in [-0.25, -0.2) is 0 Å². The van der Waals surface area contributed by atoms with Gasteiger partial charge in [0.15, 0.2) is 6.61 Å². The third-order valence-electron chi connectivity index (χ3n) is 2.51. The van der Waals surface area contributed by atoms with Crippen LogP contribution in [0.3, 0.4) is 0 Å². The topological polar surface area (TPSA) is 122 Å². The number of thiophene rings is 1. The van der Waals surface area contributed by atoms with E-state index in [1.54, 1.807) is 18.2 Å². The molecular weight excluding hydrogens is 306 g/mol. The molecule has 3 N–H and O–H groups in total. The van der Waals surface area contributed by atoms with E-state index in [1.165, 1.54) is 18.3 Å². The molecule has 0 saturated carbocycles. The van der Waals surface area contributed by atoms with E-state index < -0.39 is 24.3 Å². The summed E-state index contributed by atoms with van der Waals surface area (Å²) in [7, 11) is 0. The summed E-state index contributed by atoms with van der Waals surface area (Å²) in [4.78, 5) is 36.2. The Hall–Kier alpha value is -2.66. The number of ketones is 1. The fourth-order valence-corrected chi connectivity index (χ4v) is 2.22. The second-order valence-electron chi connectivity index (χ2n) is 4.35. The van der Waals surface area contributed by atoms with Crippen LogP contribution in [0.2, 0.25) is 0 Å². The summed E-state index contributed by atoms with van der Waals surface area (Å²) in [5.74, 6) is -1.85. The first-order chi connectivity index (χ1) is 10.3. The predicted molar refractivity (Wildman–Crippen MR) is 79.9 cm³/mol. The van der Waals surface area contributed by atoms with Gasteiger partial charge in [0.25, 0.3) is 5.91 Å². The maximum Gasteiger partial charge on any atom is 0.325 e. The lowest BCUT2D eigenvalue weighted by molar-refractivity contribution is -0.145. The van der Waals surface area contributed by atoms with Crippen molar-refractivity contribution >= 4 is 29.0 Å². The van der Waals surface area contributed by atoms with Gasteiger partial charge < -0.3 is 15.8 Å². The molecule has 0 saturated heterocycles. The molecule has 116 valence electrons. The van der Waals surface area contributed by atoms with E-state index in [0.717, 1.165) is 4.88 Å². The Morgan fingerprint density at radius 2 is 2.09 bits per heavy atom. The Kier molecular flexibility index (Phi) is 6.28. The number of esters is 1. The average molecular weight is 321 g/mol. The fourth-order valence-electron chi connectivity index (χ4n) is 1.44. The zero-order valence-corrected chi connectivity index (χ0v) is 13.0. The molecule has 8 heteroatoms. The normalized spacial score (nSPS) is 11.1. The minimum atomic E-state index is -0.776. The zero-order chi connectivity index (χ0) is 16.7. The number of aryl methyl sites for hydroxylation is 1. The van der Waals surface area contributed by atoms with Crippen molar-refractivity contribution in [3.8, 4) is 6.07 Å². The Bertz CT molecular complexity index is 666. The number of nitriles is 1. The number of Topliss-reactive ketones (excluding diaryl/α,β-unsaturated/α-hetero) is 1. The van der Waals surface area contributed by atoms with E-state index >= 15 is 0 Å². The molecule has 0 spiro atoms. The molecule has 22 heavy (non-hydrogen) atoms. The summed E-state index contributed by atoms with van der Waals surface area (Å²) < 4.78 is 4.69. The van der Waals surface area contributed by atoms with E-state index in [-0.39, 0.29) is 17.8 Å². The number of nitrogens with two attached hydrogens (primary N) is 1. The van der Waals surface area contributed by atoms with Gasteiger partial charge in [-0.15, -0.1) is 11.3 Å². The van der Waals surface area contributed by atoms with Crippen molar-refractivity contribution in [2.75, 3.05) is 13.2 Å². The van der Waals surface area contributed by atoms with Gasteiger partial charge in [-0.2, -0.15) is 5.26 Å². The highest BCUT2D eigenvalue weighted by molar-refractivity contribution is 7.13. The zero-order valence-electron chi connectivity index (χ0n) is 12.1. The number of rotatable bonds is 6. The van der Waals surface area contributed by atoms with Crippen molar-refractivity contribution in [1.82, 2.24) is 5.32 Å². The molecule has 0 aliphatic carbocycles. The first-order valence-electron chi connectivity index (χ1n) is 6.25. The van der Waals surface area contributed by atoms with Crippen LogP contribution in [0.25, 0.3) is 0 Å². The largest absolute Gasteiger partial charge is 0.456 e. The van der Waals surface area contributed by atoms with Crippen LogP contribution in [0.5, 0.6) is 0 Å². The smallest absolute Gasteiger partial charge is 0.325 e. The number of amides is 1. The maximum atomic E-state index is 11.7. The minimum Gasteiger partial charge on any atom is -0.456 e. The quantitative estimate of drug-likeness (QED) is 0.451. The van der Waals surface area contributed by atoms with E-state index in [4.69, 9.17) is 11.0 Å². The molecule has 0 aromatic carbocycles. The SMILES string of the molecule is C/C(N)=C(/C#N)C(=O)COC(=O)CNC(=O)c1ccc(C)s1. The predicted octanol–water partition coefficient (Wildman–Crippen LogP) is 0.655. The molecular formula is C14H15N3O4S. The molecule has 1 amide bonds. The van der Waals surface area contributed by atoms with Crippen LogP contribution in [0, 0.1) is 18.3 Å². The molecule has 1 aromatic heterocycles. The number of ether oxygens (including phenoxy) is 1. The number of carbonyl (C=O) groups is 3. The molecule has 0 radical (unpaired) electrons. The number of hydrogen-bond acceptors (Lipinski definition) is 7. The Labute approximate surface area is 131 Å². The van der Waals surface area contributed by atoms with E-state index in [1.807, 2.05) is 6.92 Å². The van der Waals surface area contributed by atoms with Gasteiger partial charge in [0, 0.05) is 10.6 Å². The Morgan fingerprint density at radius 3 is 2.59 bits per heavy atom. The molecule has 0 aliphatic rings. The molecule has 7 nitrogen and oxygen atoms in total. The second-order valence-corrected chi connectivity index (χ2v) is 5.63. The molecule has 1 heterocycles. The summed E-state index contributed by atoms with van der Waals surface area (Å²) in [6.45, 7) is 2.31. The van der Waals surface area contributed by atoms with Crippen molar-refractivity contribution in [2.24, 2.45) is 5.73 Å². The average Bonchev–Trinajstić information content (AvgIpc) is 2.89. The van der Waals surface area contributed by atoms with Crippen molar-refractivity contribution in [3.63, 3.8) is 0 Å². The van der Waals surface area contributed by atoms with Crippen molar-refractivity contribution in [1.29, 1.82) is 5.26 Å². The standard InChI is InChI=1S/C14H15N3O4S/c1-8-3-4-12(22-8)14(20)17-6-13(19)21-7-11(18)10(5-15)9(2)16/h3-4H,6-7,16H2,1-2H3,(H,17,20)/b10-9+. The van der Waals surface area contributed by atoms with E-state index in [0.29, 0.717) is 4.88 Å². The van der Waals surface area contributed by atoms with Crippen LogP contribution >= 0.6 is 11.3 Å². The van der Waals surface area contributed by atoms with Crippen LogP contribution in [-0.4, -0.2) is 30.8 Å². The van der Waals surface area contributed by atoms with Crippen molar-refractivity contribution < 1.29 is 19.1 Å². The van der Waals surface area contributed by atoms with Crippen LogP contribution in [0.4, 0.5) is 0 Å². The summed E-state index contributed by atoms with van der Waals surface area (Å²) in [6.07, 6.45) is 0. The highest BCUT2D eigenvalue weighted by Crippen LogP contribution is 2.14. The second kappa shape index (κ2) is 7.95. The van der Waals surface area contributed by atoms with Crippen molar-refractivity contribution in [2.45, 2.75) is 13.8 Å². The number of allylic oxidation sites excluding steroid dienone is 1. The van der Waals surface area contributed by atoms with Crippen LogP contribution in [0.15, 0.2) is 23.4 Å². The number of carbonyl (C=O) groups excluding carboxylic acids is 3. The Morgan fingerprint density at radius 1 is 1.41 bits per heavy atom. The highest BCUT2D eigenvalue weighted by Gasteiger charge is 2.15. The molecule has 1 aromatic rings. The van der Waals surface area contributed by atoms with Gasteiger partial charge in [0.1, 0.15) is 18.2 Å². The minimum absolute atomic E-state index is 0.0601. The van der Waals surface area contributed by atoms with Crippen LogP contribution in [0.1, 0.15) is 21.5 Å². The monoisotopic (exact) mass is 321 g/mol. The van der Waals surface area contributed by atoms with E-state index in [2.05, 4.69) is 10.1 Å². The van der Waals surface area contributed by atoms with Gasteiger partial charge in [0.2, 0.25) is 5.78 Å². The summed E-state index contributed by atoms with van der Waals surface area (Å²) in [5.41, 5.74) is 5.17. The summed E-state index contributed by atoms with van der Waals surface area (Å²) in [5, 5.41) is 11.1. The third kappa shape index (κ3) is 5.03. The lowest BCUT2D eigenvalue weighted by Crippen LogP contribution is -2.31. The lowest BCUT2D eigenvalue weighted by atomic mass is 10.1. The molecule has 0 atom stereocenters. The number of nitrogens with one attached hydrogen (secondary N) is 1. The first kappa shape index (κ1) is 17.4. The summed E-state index contributed by atoms with van der Waals surface area (Å²) >= 11 is 1.30. The number of nitrogens with zero attached hydrogens (tertiary/aromatic N) is 1. The van der Waals surface area contributed by atoms with Crippen LogP contribution in [-0.2, 0) is 14.3 Å². The van der Waals surface area contributed by atoms with Crippen LogP contribution < -0.4 is 11.1 Å². The molecule has 0 unspecified atom stereocenters. The summed E-state index contributed by atoms with van der Waals surface area (Å²) in [6, 6.07) is 5.09. The molecule has 0 fully saturated rings. The van der Waals surface area contributed by atoms with E-state index in [9.17, 15) is 14.4 Å². The molecule has 0 aliphatic heterocycles. The van der Waals surface area contributed by atoms with Gasteiger partial charge in [0.05, 0.1) is 4.88 Å². The highest BCUT2D eigenvalue weighted by atomic mass is 32.1. The van der Waals surface area contributed by atoms with Gasteiger partial charge in [-0.1, -0.05) is 0 Å². The molecule has 0 bridgehead atoms. The maximum absolute atomic E-state index is 11.7.